The first-order valence-electron chi connectivity index (χ1n) is 17.5. The average molecular weight is 656 g/mol. The summed E-state index contributed by atoms with van der Waals surface area (Å²) in [7, 11) is 0. The Labute approximate surface area is 286 Å². The van der Waals surface area contributed by atoms with Crippen LogP contribution >= 0.6 is 11.6 Å². The molecule has 0 aliphatic carbocycles. The van der Waals surface area contributed by atoms with Gasteiger partial charge in [-0.15, -0.1) is 0 Å². The summed E-state index contributed by atoms with van der Waals surface area (Å²) in [6, 6.07) is 18.5. The van der Waals surface area contributed by atoms with Gasteiger partial charge in [-0.25, -0.2) is 9.97 Å². The van der Waals surface area contributed by atoms with E-state index >= 15 is 0 Å². The van der Waals surface area contributed by atoms with Gasteiger partial charge >= 0.3 is 0 Å². The second-order valence-corrected chi connectivity index (χ2v) is 14.5. The zero-order valence-electron chi connectivity index (χ0n) is 28.4. The van der Waals surface area contributed by atoms with Crippen LogP contribution in [0.2, 0.25) is 5.02 Å². The van der Waals surface area contributed by atoms with E-state index < -0.39 is 0 Å². The van der Waals surface area contributed by atoms with E-state index in [0.717, 1.165) is 60.6 Å². The largest absolute Gasteiger partial charge is 0.487 e. The molecule has 3 aromatic rings. The maximum Gasteiger partial charge on any atom is 0.225 e. The molecule has 47 heavy (non-hydrogen) atoms. The number of likely N-dealkylation sites (tertiary alicyclic amines) is 2. The molecule has 0 amide bonds. The number of hydrogen-bond acceptors (Lipinski definition) is 8. The molecule has 8 nitrogen and oxygen atoms in total. The van der Waals surface area contributed by atoms with Crippen LogP contribution in [0.4, 0.5) is 5.95 Å². The minimum atomic E-state index is -0.316. The lowest BCUT2D eigenvalue weighted by Crippen LogP contribution is -2.54. The molecular formula is C38H50ClN7O. The van der Waals surface area contributed by atoms with Crippen molar-refractivity contribution < 1.29 is 4.74 Å². The number of aromatic nitrogens is 2. The van der Waals surface area contributed by atoms with E-state index in [1.807, 2.05) is 36.5 Å². The van der Waals surface area contributed by atoms with Crippen LogP contribution in [0.5, 0.6) is 5.75 Å². The van der Waals surface area contributed by atoms with Crippen molar-refractivity contribution in [3.8, 4) is 11.8 Å². The Morgan fingerprint density at radius 1 is 0.872 bits per heavy atom. The number of rotatable bonds is 10. The van der Waals surface area contributed by atoms with Crippen LogP contribution < -0.4 is 9.64 Å². The van der Waals surface area contributed by atoms with Gasteiger partial charge in [-0.1, -0.05) is 44.5 Å². The fourth-order valence-corrected chi connectivity index (χ4v) is 7.76. The first-order valence-corrected chi connectivity index (χ1v) is 17.9. The lowest BCUT2D eigenvalue weighted by atomic mass is 9.78. The zero-order valence-corrected chi connectivity index (χ0v) is 29.1. The summed E-state index contributed by atoms with van der Waals surface area (Å²) in [5.41, 5.74) is 3.24. The van der Waals surface area contributed by atoms with Crippen LogP contribution in [-0.2, 0) is 12.0 Å². The number of nitrogens with zero attached hydrogens (tertiary/aromatic N) is 7. The van der Waals surface area contributed by atoms with Crippen molar-refractivity contribution in [2.24, 2.45) is 5.92 Å². The number of hydrogen-bond donors (Lipinski definition) is 0. The van der Waals surface area contributed by atoms with Gasteiger partial charge in [-0.2, -0.15) is 5.26 Å². The molecule has 2 aromatic carbocycles. The number of ether oxygens (including phenoxy) is 1. The van der Waals surface area contributed by atoms with Crippen LogP contribution in [0, 0.1) is 17.2 Å². The third kappa shape index (κ3) is 8.45. The van der Waals surface area contributed by atoms with E-state index in [1.165, 1.54) is 65.0 Å². The molecule has 6 rings (SSSR count). The van der Waals surface area contributed by atoms with Gasteiger partial charge in [0.25, 0.3) is 0 Å². The van der Waals surface area contributed by atoms with Crippen LogP contribution in [0.3, 0.4) is 0 Å². The summed E-state index contributed by atoms with van der Waals surface area (Å²) in [4.78, 5) is 19.9. The molecular weight excluding hydrogens is 606 g/mol. The third-order valence-electron chi connectivity index (χ3n) is 10.8. The van der Waals surface area contributed by atoms with Crippen LogP contribution in [0.15, 0.2) is 54.7 Å². The molecule has 0 bridgehead atoms. The molecule has 4 heterocycles. The quantitative estimate of drug-likeness (QED) is 0.255. The summed E-state index contributed by atoms with van der Waals surface area (Å²) < 4.78 is 6.14. The Morgan fingerprint density at radius 2 is 1.57 bits per heavy atom. The van der Waals surface area contributed by atoms with Gasteiger partial charge in [0.1, 0.15) is 12.4 Å². The molecule has 3 aliphatic rings. The SMILES string of the molecule is CCN1CCC(CN2CCC(N3CCN(c4nccc(COc5ccc(C(C)(C)c6cc(Cl)cc(C#N)c6)cc5)n4)CC3)CC2)CC1. The van der Waals surface area contributed by atoms with Gasteiger partial charge in [0, 0.05) is 55.4 Å². The fourth-order valence-electron chi connectivity index (χ4n) is 7.53. The van der Waals surface area contributed by atoms with E-state index in [4.69, 9.17) is 21.3 Å². The number of halogens is 1. The first kappa shape index (κ1) is 33.7. The number of piperazine rings is 1. The number of piperidine rings is 2. The molecule has 0 saturated carbocycles. The van der Waals surface area contributed by atoms with E-state index in [0.29, 0.717) is 23.2 Å². The fraction of sp³-hybridized carbons (Fsp3) is 0.553. The number of anilines is 1. The molecule has 0 unspecified atom stereocenters. The van der Waals surface area contributed by atoms with Crippen molar-refractivity contribution >= 4 is 17.5 Å². The Hall–Kier alpha value is -3.22. The smallest absolute Gasteiger partial charge is 0.225 e. The normalized spacial score (nSPS) is 19.5. The van der Waals surface area contributed by atoms with Gasteiger partial charge in [-0.3, -0.25) is 4.90 Å². The van der Waals surface area contributed by atoms with Gasteiger partial charge in [0.15, 0.2) is 0 Å². The van der Waals surface area contributed by atoms with Gasteiger partial charge < -0.3 is 19.4 Å². The van der Waals surface area contributed by atoms with E-state index in [1.54, 1.807) is 6.07 Å². The van der Waals surface area contributed by atoms with Crippen LogP contribution in [0.25, 0.3) is 0 Å². The average Bonchev–Trinajstić information content (AvgIpc) is 3.11. The van der Waals surface area contributed by atoms with Crippen molar-refractivity contribution in [2.75, 3.05) is 70.3 Å². The zero-order chi connectivity index (χ0) is 32.8. The standard InChI is InChI=1S/C38H50ClN7O/c1-4-43-15-10-29(11-16-43)27-44-17-12-35(13-18-44)45-19-21-46(22-20-45)37-41-14-9-34(42-37)28-47-36-7-5-31(6-8-36)38(2,3)32-23-30(26-40)24-33(39)25-32/h5-9,14,23-25,29,35H,4,10-13,15-22,27-28H2,1-3H3. The Balaban J connectivity index is 0.956. The lowest BCUT2D eigenvalue weighted by molar-refractivity contribution is 0.0824. The number of nitriles is 1. The molecule has 9 heteroatoms. The van der Waals surface area contributed by atoms with Crippen LogP contribution in [0.1, 0.15) is 68.8 Å². The lowest BCUT2D eigenvalue weighted by Gasteiger charge is -2.43. The van der Waals surface area contributed by atoms with Crippen LogP contribution in [-0.4, -0.2) is 96.2 Å². The molecule has 0 N–H and O–H groups in total. The summed E-state index contributed by atoms with van der Waals surface area (Å²) >= 11 is 6.29. The maximum atomic E-state index is 9.38. The monoisotopic (exact) mass is 655 g/mol. The van der Waals surface area contributed by atoms with Crippen molar-refractivity contribution in [3.63, 3.8) is 0 Å². The molecule has 0 spiro atoms. The second kappa shape index (κ2) is 15.3. The Kier molecular flexibility index (Phi) is 11.0. The minimum Gasteiger partial charge on any atom is -0.487 e. The predicted octanol–water partition coefficient (Wildman–Crippen LogP) is 6.22. The molecule has 1 aromatic heterocycles. The Bertz CT molecular complexity index is 1500. The highest BCUT2D eigenvalue weighted by Crippen LogP contribution is 2.34. The van der Waals surface area contributed by atoms with Gasteiger partial charge in [0.05, 0.1) is 17.3 Å². The summed E-state index contributed by atoms with van der Waals surface area (Å²) in [6.45, 7) is 18.6. The molecule has 3 saturated heterocycles. The van der Waals surface area contributed by atoms with Crippen molar-refractivity contribution in [1.82, 2.24) is 24.7 Å². The molecule has 3 aliphatic heterocycles. The molecule has 0 radical (unpaired) electrons. The Morgan fingerprint density at radius 3 is 2.26 bits per heavy atom. The highest BCUT2D eigenvalue weighted by Gasteiger charge is 2.30. The predicted molar refractivity (Wildman–Crippen MR) is 189 cm³/mol. The second-order valence-electron chi connectivity index (χ2n) is 14.1. The third-order valence-corrected chi connectivity index (χ3v) is 11.0. The first-order chi connectivity index (χ1) is 22.8. The minimum absolute atomic E-state index is 0.316. The van der Waals surface area contributed by atoms with Crippen molar-refractivity contribution in [2.45, 2.75) is 64.5 Å². The summed E-state index contributed by atoms with van der Waals surface area (Å²) in [5.74, 6) is 2.47. The molecule has 250 valence electrons. The highest BCUT2D eigenvalue weighted by molar-refractivity contribution is 6.30. The maximum absolute atomic E-state index is 9.38. The van der Waals surface area contributed by atoms with E-state index in [2.05, 4.69) is 63.6 Å². The summed E-state index contributed by atoms with van der Waals surface area (Å²) in [5, 5.41) is 9.95. The van der Waals surface area contributed by atoms with Gasteiger partial charge in [0.2, 0.25) is 5.95 Å². The molecule has 0 atom stereocenters. The van der Waals surface area contributed by atoms with E-state index in [9.17, 15) is 5.26 Å². The summed E-state index contributed by atoms with van der Waals surface area (Å²) in [6.07, 6.45) is 7.17. The topological polar surface area (TPSA) is 71.8 Å². The van der Waals surface area contributed by atoms with Crippen molar-refractivity contribution in [1.29, 1.82) is 5.26 Å². The van der Waals surface area contributed by atoms with Gasteiger partial charge in [-0.05, 0) is 112 Å². The number of benzene rings is 2. The van der Waals surface area contributed by atoms with E-state index in [-0.39, 0.29) is 5.41 Å². The molecule has 3 fully saturated rings. The van der Waals surface area contributed by atoms with Crippen molar-refractivity contribution in [3.05, 3.63) is 82.1 Å². The highest BCUT2D eigenvalue weighted by atomic mass is 35.5.